The minimum atomic E-state index is -0.0490. The number of furan rings is 1. The first-order valence-corrected chi connectivity index (χ1v) is 6.56. The van der Waals surface area contributed by atoms with Gasteiger partial charge < -0.3 is 14.3 Å². The van der Waals surface area contributed by atoms with Crippen LogP contribution >= 0.6 is 0 Å². The van der Waals surface area contributed by atoms with Gasteiger partial charge in [0.1, 0.15) is 24.7 Å². The van der Waals surface area contributed by atoms with Crippen LogP contribution in [0.4, 0.5) is 0 Å². The fraction of sp³-hybridized carbons (Fsp3) is 0.714. The fourth-order valence-corrected chi connectivity index (χ4v) is 1.75. The van der Waals surface area contributed by atoms with E-state index < -0.39 is 0 Å². The first-order valence-electron chi connectivity index (χ1n) is 6.56. The number of aliphatic hydroxyl groups is 1. The van der Waals surface area contributed by atoms with Crippen molar-refractivity contribution in [3.63, 3.8) is 0 Å². The molecule has 3 nitrogen and oxygen atoms in total. The van der Waals surface area contributed by atoms with E-state index in [0.29, 0.717) is 12.4 Å². The Morgan fingerprint density at radius 1 is 1.24 bits per heavy atom. The lowest BCUT2D eigenvalue weighted by atomic mass is 10.1. The van der Waals surface area contributed by atoms with Gasteiger partial charge in [-0.05, 0) is 25.5 Å². The Hall–Kier alpha value is -0.800. The Bertz CT molecular complexity index is 293. The molecular weight excluding hydrogens is 216 g/mol. The summed E-state index contributed by atoms with van der Waals surface area (Å²) in [5.41, 5.74) is 0. The summed E-state index contributed by atoms with van der Waals surface area (Å²) < 4.78 is 11.0. The van der Waals surface area contributed by atoms with Gasteiger partial charge in [-0.3, -0.25) is 0 Å². The van der Waals surface area contributed by atoms with Gasteiger partial charge in [-0.2, -0.15) is 0 Å². The highest BCUT2D eigenvalue weighted by Crippen LogP contribution is 2.13. The smallest absolute Gasteiger partial charge is 0.130 e. The predicted molar refractivity (Wildman–Crippen MR) is 67.6 cm³/mol. The third kappa shape index (κ3) is 5.89. The van der Waals surface area contributed by atoms with E-state index in [1.165, 1.54) is 25.7 Å². The third-order valence-electron chi connectivity index (χ3n) is 2.85. The van der Waals surface area contributed by atoms with Crippen LogP contribution < -0.4 is 0 Å². The minimum absolute atomic E-state index is 0.0490. The molecule has 0 saturated heterocycles. The minimum Gasteiger partial charge on any atom is -0.461 e. The average Bonchev–Trinajstić information content (AvgIpc) is 2.80. The maximum absolute atomic E-state index is 8.86. The largest absolute Gasteiger partial charge is 0.461 e. The van der Waals surface area contributed by atoms with Crippen molar-refractivity contribution in [2.75, 3.05) is 0 Å². The summed E-state index contributed by atoms with van der Waals surface area (Å²) in [6, 6.07) is 3.64. The number of rotatable bonds is 9. The van der Waals surface area contributed by atoms with Crippen LogP contribution in [0.5, 0.6) is 0 Å². The monoisotopic (exact) mass is 240 g/mol. The van der Waals surface area contributed by atoms with Crippen molar-refractivity contribution in [3.8, 4) is 0 Å². The summed E-state index contributed by atoms with van der Waals surface area (Å²) in [5, 5.41) is 8.86. The number of hydrogen-bond donors (Lipinski definition) is 1. The van der Waals surface area contributed by atoms with Crippen LogP contribution in [0.15, 0.2) is 16.5 Å². The predicted octanol–water partition coefficient (Wildman–Crippen LogP) is 3.65. The molecule has 0 saturated carbocycles. The van der Waals surface area contributed by atoms with Gasteiger partial charge in [0.05, 0.1) is 6.10 Å². The lowest BCUT2D eigenvalue weighted by Gasteiger charge is -2.11. The Morgan fingerprint density at radius 2 is 2.00 bits per heavy atom. The zero-order valence-corrected chi connectivity index (χ0v) is 10.9. The van der Waals surface area contributed by atoms with Crippen LogP contribution in [-0.4, -0.2) is 11.2 Å². The van der Waals surface area contributed by atoms with E-state index in [2.05, 4.69) is 13.8 Å². The summed E-state index contributed by atoms with van der Waals surface area (Å²) in [4.78, 5) is 0. The molecule has 0 aliphatic heterocycles. The molecule has 0 amide bonds. The van der Waals surface area contributed by atoms with E-state index in [9.17, 15) is 0 Å². The van der Waals surface area contributed by atoms with Crippen molar-refractivity contribution < 1.29 is 14.3 Å². The second kappa shape index (κ2) is 8.31. The highest BCUT2D eigenvalue weighted by molar-refractivity contribution is 5.05. The van der Waals surface area contributed by atoms with E-state index in [-0.39, 0.29) is 12.7 Å². The number of aliphatic hydroxyl groups excluding tert-OH is 1. The summed E-state index contributed by atoms with van der Waals surface area (Å²) >= 11 is 0. The number of unbranched alkanes of at least 4 members (excludes halogenated alkanes) is 3. The van der Waals surface area contributed by atoms with Crippen molar-refractivity contribution in [2.45, 2.75) is 65.3 Å². The maximum Gasteiger partial charge on any atom is 0.130 e. The van der Waals surface area contributed by atoms with E-state index in [1.54, 1.807) is 6.07 Å². The quantitative estimate of drug-likeness (QED) is 0.670. The lowest BCUT2D eigenvalue weighted by Crippen LogP contribution is -2.07. The molecule has 0 aliphatic carbocycles. The second-order valence-electron chi connectivity index (χ2n) is 4.50. The van der Waals surface area contributed by atoms with Crippen LogP contribution in [0.3, 0.4) is 0 Å². The Morgan fingerprint density at radius 3 is 2.65 bits per heavy atom. The van der Waals surface area contributed by atoms with Crippen LogP contribution in [0, 0.1) is 0 Å². The van der Waals surface area contributed by atoms with Crippen molar-refractivity contribution in [3.05, 3.63) is 23.7 Å². The SMILES string of the molecule is CCCCCCC(C)OCc1ccc(CO)o1. The Labute approximate surface area is 104 Å². The first-order chi connectivity index (χ1) is 8.26. The Balaban J connectivity index is 2.12. The van der Waals surface area contributed by atoms with E-state index in [1.807, 2.05) is 6.07 Å². The van der Waals surface area contributed by atoms with Crippen LogP contribution in [0.1, 0.15) is 57.5 Å². The molecule has 1 rings (SSSR count). The Kier molecular flexibility index (Phi) is 6.97. The molecule has 1 N–H and O–H groups in total. The van der Waals surface area contributed by atoms with Gasteiger partial charge in [-0.15, -0.1) is 0 Å². The van der Waals surface area contributed by atoms with Crippen LogP contribution in [-0.2, 0) is 18.0 Å². The van der Waals surface area contributed by atoms with Crippen LogP contribution in [0.25, 0.3) is 0 Å². The average molecular weight is 240 g/mol. The van der Waals surface area contributed by atoms with Gasteiger partial charge in [0.2, 0.25) is 0 Å². The molecule has 0 radical (unpaired) electrons. The molecule has 0 aliphatic rings. The topological polar surface area (TPSA) is 42.6 Å². The molecule has 0 aromatic carbocycles. The molecular formula is C14H24O3. The van der Waals surface area contributed by atoms with Crippen LogP contribution in [0.2, 0.25) is 0 Å². The van der Waals surface area contributed by atoms with Gasteiger partial charge >= 0.3 is 0 Å². The van der Waals surface area contributed by atoms with Gasteiger partial charge in [0.25, 0.3) is 0 Å². The first kappa shape index (κ1) is 14.3. The van der Waals surface area contributed by atoms with Crippen molar-refractivity contribution >= 4 is 0 Å². The molecule has 98 valence electrons. The normalized spacial score (nSPS) is 12.9. The summed E-state index contributed by atoms with van der Waals surface area (Å²) in [6.07, 6.45) is 6.48. The lowest BCUT2D eigenvalue weighted by molar-refractivity contribution is 0.0349. The maximum atomic E-state index is 8.86. The highest BCUT2D eigenvalue weighted by Gasteiger charge is 2.05. The molecule has 1 unspecified atom stereocenters. The zero-order chi connectivity index (χ0) is 12.5. The van der Waals surface area contributed by atoms with Gasteiger partial charge in [-0.25, -0.2) is 0 Å². The second-order valence-corrected chi connectivity index (χ2v) is 4.50. The summed E-state index contributed by atoms with van der Waals surface area (Å²) in [5.74, 6) is 1.38. The molecule has 17 heavy (non-hydrogen) atoms. The zero-order valence-electron chi connectivity index (χ0n) is 10.9. The van der Waals surface area contributed by atoms with Gasteiger partial charge in [0.15, 0.2) is 0 Å². The van der Waals surface area contributed by atoms with E-state index in [0.717, 1.165) is 12.2 Å². The third-order valence-corrected chi connectivity index (χ3v) is 2.85. The molecule has 3 heteroatoms. The number of hydrogen-bond acceptors (Lipinski definition) is 3. The van der Waals surface area contributed by atoms with Crippen molar-refractivity contribution in [1.82, 2.24) is 0 Å². The molecule has 0 bridgehead atoms. The van der Waals surface area contributed by atoms with Gasteiger partial charge in [-0.1, -0.05) is 32.6 Å². The highest BCUT2D eigenvalue weighted by atomic mass is 16.5. The molecule has 0 spiro atoms. The molecule has 1 heterocycles. The summed E-state index contributed by atoms with van der Waals surface area (Å²) in [6.45, 7) is 4.76. The van der Waals surface area contributed by atoms with Crippen molar-refractivity contribution in [2.24, 2.45) is 0 Å². The van der Waals surface area contributed by atoms with E-state index >= 15 is 0 Å². The molecule has 1 aromatic rings. The number of ether oxygens (including phenoxy) is 1. The molecule has 1 aromatic heterocycles. The van der Waals surface area contributed by atoms with Gasteiger partial charge in [0, 0.05) is 0 Å². The molecule has 1 atom stereocenters. The van der Waals surface area contributed by atoms with Crippen molar-refractivity contribution in [1.29, 1.82) is 0 Å². The fourth-order valence-electron chi connectivity index (χ4n) is 1.75. The standard InChI is InChI=1S/C14H24O3/c1-3-4-5-6-7-12(2)16-11-14-9-8-13(10-15)17-14/h8-9,12,15H,3-7,10-11H2,1-2H3. The van der Waals surface area contributed by atoms with E-state index in [4.69, 9.17) is 14.3 Å². The molecule has 0 fully saturated rings. The summed E-state index contributed by atoms with van der Waals surface area (Å²) in [7, 11) is 0.